The van der Waals surface area contributed by atoms with Crippen LogP contribution in [0.3, 0.4) is 0 Å². The molecular formula is C14H15ClN2O2. The standard InChI is InChI=1S/C14H15ClN2O2/c15-10-1-2-12-9(7-10)8-13(19-12)14(18)17-5-3-11(16)4-6-17/h1-2,7-8,11H,3-6,16H2. The van der Waals surface area contributed by atoms with E-state index in [-0.39, 0.29) is 11.9 Å². The zero-order chi connectivity index (χ0) is 13.4. The molecule has 1 aliphatic heterocycles. The molecule has 5 heteroatoms. The van der Waals surface area contributed by atoms with E-state index in [0.29, 0.717) is 29.5 Å². The van der Waals surface area contributed by atoms with Crippen LogP contribution in [0.15, 0.2) is 28.7 Å². The van der Waals surface area contributed by atoms with Gasteiger partial charge in [0.1, 0.15) is 5.58 Å². The summed E-state index contributed by atoms with van der Waals surface area (Å²) >= 11 is 5.92. The van der Waals surface area contributed by atoms with Gasteiger partial charge in [-0.3, -0.25) is 4.79 Å². The summed E-state index contributed by atoms with van der Waals surface area (Å²) in [5.41, 5.74) is 6.52. The third-order valence-corrected chi connectivity index (χ3v) is 3.75. The van der Waals surface area contributed by atoms with Crippen LogP contribution in [0.2, 0.25) is 5.02 Å². The van der Waals surface area contributed by atoms with Gasteiger partial charge in [-0.1, -0.05) is 11.6 Å². The molecule has 1 saturated heterocycles. The number of amides is 1. The minimum atomic E-state index is -0.0702. The quantitative estimate of drug-likeness (QED) is 0.872. The van der Waals surface area contributed by atoms with Gasteiger partial charge in [0.25, 0.3) is 5.91 Å². The van der Waals surface area contributed by atoms with Crippen LogP contribution in [0.1, 0.15) is 23.4 Å². The number of hydrogen-bond acceptors (Lipinski definition) is 3. The van der Waals surface area contributed by atoms with Gasteiger partial charge in [0.15, 0.2) is 5.76 Å². The number of furan rings is 1. The Morgan fingerprint density at radius 1 is 1.32 bits per heavy atom. The summed E-state index contributed by atoms with van der Waals surface area (Å²) in [5, 5.41) is 1.49. The maximum Gasteiger partial charge on any atom is 0.289 e. The molecule has 19 heavy (non-hydrogen) atoms. The van der Waals surface area contributed by atoms with E-state index in [2.05, 4.69) is 0 Å². The van der Waals surface area contributed by atoms with Gasteiger partial charge >= 0.3 is 0 Å². The molecule has 0 unspecified atom stereocenters. The predicted molar refractivity (Wildman–Crippen MR) is 74.3 cm³/mol. The maximum absolute atomic E-state index is 12.3. The number of carbonyl (C=O) groups excluding carboxylic acids is 1. The molecule has 0 aliphatic carbocycles. The van der Waals surface area contributed by atoms with Crippen molar-refractivity contribution in [2.75, 3.05) is 13.1 Å². The highest BCUT2D eigenvalue weighted by Gasteiger charge is 2.24. The average Bonchev–Trinajstić information content (AvgIpc) is 2.81. The molecule has 0 bridgehead atoms. The van der Waals surface area contributed by atoms with Crippen molar-refractivity contribution in [1.29, 1.82) is 0 Å². The largest absolute Gasteiger partial charge is 0.451 e. The third kappa shape index (κ3) is 2.46. The van der Waals surface area contributed by atoms with Gasteiger partial charge in [-0.15, -0.1) is 0 Å². The lowest BCUT2D eigenvalue weighted by Gasteiger charge is -2.29. The second kappa shape index (κ2) is 4.87. The number of rotatable bonds is 1. The van der Waals surface area contributed by atoms with Gasteiger partial charge in [-0.2, -0.15) is 0 Å². The predicted octanol–water partition coefficient (Wildman–Crippen LogP) is 2.65. The van der Waals surface area contributed by atoms with Crippen LogP contribution in [0, 0.1) is 0 Å². The molecule has 0 atom stereocenters. The van der Waals surface area contributed by atoms with Crippen LogP contribution in [-0.4, -0.2) is 29.9 Å². The molecule has 1 aromatic carbocycles. The first-order chi connectivity index (χ1) is 9.13. The fourth-order valence-corrected chi connectivity index (χ4v) is 2.56. The second-order valence-corrected chi connectivity index (χ2v) is 5.36. The summed E-state index contributed by atoms with van der Waals surface area (Å²) in [6.45, 7) is 1.38. The van der Waals surface area contributed by atoms with Crippen molar-refractivity contribution < 1.29 is 9.21 Å². The fourth-order valence-electron chi connectivity index (χ4n) is 2.38. The Morgan fingerprint density at radius 2 is 2.05 bits per heavy atom. The van der Waals surface area contributed by atoms with E-state index in [0.717, 1.165) is 18.2 Å². The van der Waals surface area contributed by atoms with Gasteiger partial charge in [0.2, 0.25) is 0 Å². The number of fused-ring (bicyclic) bond motifs is 1. The van der Waals surface area contributed by atoms with Crippen molar-refractivity contribution in [2.24, 2.45) is 5.73 Å². The van der Waals surface area contributed by atoms with Crippen LogP contribution in [0.25, 0.3) is 11.0 Å². The lowest BCUT2D eigenvalue weighted by atomic mass is 10.1. The number of piperidine rings is 1. The Kier molecular flexibility index (Phi) is 3.21. The number of benzene rings is 1. The maximum atomic E-state index is 12.3. The van der Waals surface area contributed by atoms with E-state index < -0.39 is 0 Å². The van der Waals surface area contributed by atoms with E-state index in [1.165, 1.54) is 0 Å². The van der Waals surface area contributed by atoms with Crippen molar-refractivity contribution in [3.63, 3.8) is 0 Å². The lowest BCUT2D eigenvalue weighted by molar-refractivity contribution is 0.0685. The summed E-state index contributed by atoms with van der Waals surface area (Å²) in [6.07, 6.45) is 1.69. The SMILES string of the molecule is NC1CCN(C(=O)c2cc3cc(Cl)ccc3o2)CC1. The van der Waals surface area contributed by atoms with E-state index in [1.807, 2.05) is 0 Å². The summed E-state index contributed by atoms with van der Waals surface area (Å²) in [7, 11) is 0. The molecule has 4 nitrogen and oxygen atoms in total. The highest BCUT2D eigenvalue weighted by Crippen LogP contribution is 2.24. The summed E-state index contributed by atoms with van der Waals surface area (Å²) < 4.78 is 5.58. The lowest BCUT2D eigenvalue weighted by Crippen LogP contribution is -2.42. The molecule has 2 heterocycles. The molecule has 2 N–H and O–H groups in total. The molecule has 0 saturated carbocycles. The van der Waals surface area contributed by atoms with Gasteiger partial charge < -0.3 is 15.1 Å². The smallest absolute Gasteiger partial charge is 0.289 e. The summed E-state index contributed by atoms with van der Waals surface area (Å²) in [6, 6.07) is 7.28. The molecular weight excluding hydrogens is 264 g/mol. The first-order valence-electron chi connectivity index (χ1n) is 6.37. The van der Waals surface area contributed by atoms with Crippen LogP contribution in [0.5, 0.6) is 0 Å². The Bertz CT molecular complexity index is 615. The number of nitrogens with two attached hydrogens (primary N) is 1. The monoisotopic (exact) mass is 278 g/mol. The van der Waals surface area contributed by atoms with Crippen molar-refractivity contribution in [3.8, 4) is 0 Å². The normalized spacial score (nSPS) is 17.1. The molecule has 100 valence electrons. The van der Waals surface area contributed by atoms with Crippen molar-refractivity contribution in [2.45, 2.75) is 18.9 Å². The van der Waals surface area contributed by atoms with Crippen LogP contribution in [0.4, 0.5) is 0 Å². The van der Waals surface area contributed by atoms with Gasteiger partial charge in [-0.25, -0.2) is 0 Å². The molecule has 1 aliphatic rings. The second-order valence-electron chi connectivity index (χ2n) is 4.92. The third-order valence-electron chi connectivity index (χ3n) is 3.52. The van der Waals surface area contributed by atoms with Gasteiger partial charge in [0.05, 0.1) is 0 Å². The van der Waals surface area contributed by atoms with Gasteiger partial charge in [-0.05, 0) is 37.1 Å². The van der Waals surface area contributed by atoms with Crippen LogP contribution < -0.4 is 5.73 Å². The first-order valence-corrected chi connectivity index (χ1v) is 6.75. The highest BCUT2D eigenvalue weighted by atomic mass is 35.5. The number of carbonyl (C=O) groups is 1. The molecule has 1 fully saturated rings. The molecule has 3 rings (SSSR count). The van der Waals surface area contributed by atoms with Crippen molar-refractivity contribution >= 4 is 28.5 Å². The zero-order valence-electron chi connectivity index (χ0n) is 10.4. The van der Waals surface area contributed by atoms with Crippen LogP contribution in [-0.2, 0) is 0 Å². The number of nitrogens with zero attached hydrogens (tertiary/aromatic N) is 1. The Hall–Kier alpha value is -1.52. The van der Waals surface area contributed by atoms with Crippen molar-refractivity contribution in [3.05, 3.63) is 35.0 Å². The number of likely N-dealkylation sites (tertiary alicyclic amines) is 1. The zero-order valence-corrected chi connectivity index (χ0v) is 11.2. The van der Waals surface area contributed by atoms with E-state index >= 15 is 0 Å². The molecule has 1 amide bonds. The van der Waals surface area contributed by atoms with E-state index in [4.69, 9.17) is 21.8 Å². The first kappa shape index (κ1) is 12.5. The highest BCUT2D eigenvalue weighted by molar-refractivity contribution is 6.31. The summed E-state index contributed by atoms with van der Waals surface area (Å²) in [4.78, 5) is 14.1. The fraction of sp³-hybridized carbons (Fsp3) is 0.357. The number of hydrogen-bond donors (Lipinski definition) is 1. The molecule has 1 aromatic heterocycles. The molecule has 0 radical (unpaired) electrons. The van der Waals surface area contributed by atoms with E-state index in [9.17, 15) is 4.79 Å². The summed E-state index contributed by atoms with van der Waals surface area (Å²) in [5.74, 6) is 0.298. The number of halogens is 1. The average molecular weight is 279 g/mol. The Morgan fingerprint density at radius 3 is 2.79 bits per heavy atom. The minimum Gasteiger partial charge on any atom is -0.451 e. The topological polar surface area (TPSA) is 59.5 Å². The van der Waals surface area contributed by atoms with Crippen molar-refractivity contribution in [1.82, 2.24) is 4.90 Å². The van der Waals surface area contributed by atoms with Gasteiger partial charge in [0, 0.05) is 29.5 Å². The van der Waals surface area contributed by atoms with E-state index in [1.54, 1.807) is 29.2 Å². The Balaban J connectivity index is 1.85. The molecule has 0 spiro atoms. The molecule has 2 aromatic rings. The van der Waals surface area contributed by atoms with Crippen LogP contribution >= 0.6 is 11.6 Å². The Labute approximate surface area is 116 Å². The minimum absolute atomic E-state index is 0.0702.